The molecule has 2 aromatic carbocycles. The lowest BCUT2D eigenvalue weighted by Crippen LogP contribution is -2.27. The zero-order chi connectivity index (χ0) is 16.4. The Morgan fingerprint density at radius 1 is 0.957 bits per heavy atom. The van der Waals surface area contributed by atoms with Gasteiger partial charge in [0.1, 0.15) is 0 Å². The second-order valence-electron chi connectivity index (χ2n) is 4.88. The molecule has 1 heterocycles. The molecule has 0 N–H and O–H groups in total. The van der Waals surface area contributed by atoms with Crippen molar-refractivity contribution in [3.05, 3.63) is 73.5 Å². The summed E-state index contributed by atoms with van der Waals surface area (Å²) in [5, 5.41) is -0.246. The summed E-state index contributed by atoms with van der Waals surface area (Å²) >= 11 is 7.86. The molecule has 6 heteroatoms. The Labute approximate surface area is 155 Å². The summed E-state index contributed by atoms with van der Waals surface area (Å²) in [6, 6.07) is 15.2. The zero-order valence-electron chi connectivity index (χ0n) is 11.8. The van der Waals surface area contributed by atoms with Gasteiger partial charge in [-0.05, 0) is 41.1 Å². The topological polar surface area (TPSA) is 37.4 Å². The fraction of sp³-hybridized carbons (Fsp3) is 0.0588. The second kappa shape index (κ2) is 7.03. The van der Waals surface area contributed by atoms with Gasteiger partial charge in [0, 0.05) is 8.95 Å². The number of rotatable bonds is 3. The molecule has 0 spiro atoms. The highest BCUT2D eigenvalue weighted by atomic mass is 79.9. The number of carbonyl (C=O) groups excluding carboxylic acids is 2. The Hall–Kier alpha value is -1.37. The van der Waals surface area contributed by atoms with E-state index in [0.29, 0.717) is 4.91 Å². The van der Waals surface area contributed by atoms with Crippen LogP contribution in [0.2, 0.25) is 0 Å². The van der Waals surface area contributed by atoms with Gasteiger partial charge in [-0.3, -0.25) is 14.5 Å². The smallest absolute Gasteiger partial charge is 0.268 e. The van der Waals surface area contributed by atoms with Gasteiger partial charge in [-0.2, -0.15) is 0 Å². The maximum absolute atomic E-state index is 12.5. The quantitative estimate of drug-likeness (QED) is 0.581. The van der Waals surface area contributed by atoms with E-state index in [1.807, 2.05) is 48.5 Å². The van der Waals surface area contributed by atoms with Crippen molar-refractivity contribution in [1.82, 2.24) is 4.90 Å². The van der Waals surface area contributed by atoms with E-state index in [-0.39, 0.29) is 17.7 Å². The first-order valence-electron chi connectivity index (χ1n) is 6.79. The molecular formula is C17H11Br2NO2S. The Kier molecular flexibility index (Phi) is 5.04. The average molecular weight is 453 g/mol. The summed E-state index contributed by atoms with van der Waals surface area (Å²) in [4.78, 5) is 26.4. The van der Waals surface area contributed by atoms with Crippen molar-refractivity contribution in [2.45, 2.75) is 6.54 Å². The minimum Gasteiger partial charge on any atom is -0.268 e. The van der Waals surface area contributed by atoms with Crippen molar-refractivity contribution in [1.29, 1.82) is 0 Å². The van der Waals surface area contributed by atoms with Crippen molar-refractivity contribution in [2.24, 2.45) is 0 Å². The summed E-state index contributed by atoms with van der Waals surface area (Å²) in [5.74, 6) is -0.258. The molecule has 0 radical (unpaired) electrons. The number of thioether (sulfide) groups is 1. The van der Waals surface area contributed by atoms with Crippen LogP contribution in [0.1, 0.15) is 11.1 Å². The fourth-order valence-corrected chi connectivity index (χ4v) is 3.81. The molecule has 0 atom stereocenters. The third-order valence-corrected chi connectivity index (χ3v) is 5.75. The second-order valence-corrected chi connectivity index (χ2v) is 7.58. The van der Waals surface area contributed by atoms with E-state index < -0.39 is 0 Å². The first-order valence-corrected chi connectivity index (χ1v) is 9.20. The summed E-state index contributed by atoms with van der Waals surface area (Å²) in [6.07, 6.45) is 1.75. The monoisotopic (exact) mass is 451 g/mol. The first kappa shape index (κ1) is 16.5. The highest BCUT2D eigenvalue weighted by molar-refractivity contribution is 9.10. The van der Waals surface area contributed by atoms with E-state index in [1.54, 1.807) is 6.08 Å². The number of benzene rings is 2. The molecule has 1 aliphatic rings. The molecule has 1 fully saturated rings. The molecule has 1 aliphatic heterocycles. The summed E-state index contributed by atoms with van der Waals surface area (Å²) in [6.45, 7) is 0.263. The standard InChI is InChI=1S/C17H11Br2NO2S/c18-13-7-3-1-5-11(13)9-15-16(21)20(17(22)23-15)10-12-6-2-4-8-14(12)19/h1-9H,10H2/b15-9-. The van der Waals surface area contributed by atoms with Gasteiger partial charge in [0.25, 0.3) is 11.1 Å². The van der Waals surface area contributed by atoms with Gasteiger partial charge in [0.15, 0.2) is 0 Å². The predicted molar refractivity (Wildman–Crippen MR) is 99.8 cm³/mol. The Bertz CT molecular complexity index is 820. The molecule has 2 aromatic rings. The molecule has 0 saturated carbocycles. The van der Waals surface area contributed by atoms with Crippen molar-refractivity contribution < 1.29 is 9.59 Å². The number of hydrogen-bond donors (Lipinski definition) is 0. The van der Waals surface area contributed by atoms with E-state index in [9.17, 15) is 9.59 Å². The zero-order valence-corrected chi connectivity index (χ0v) is 15.8. The molecule has 0 bridgehead atoms. The predicted octanol–water partition coefficient (Wildman–Crippen LogP) is 5.45. The lowest BCUT2D eigenvalue weighted by Gasteiger charge is -2.13. The highest BCUT2D eigenvalue weighted by Crippen LogP contribution is 2.35. The van der Waals surface area contributed by atoms with Crippen LogP contribution >= 0.6 is 43.6 Å². The molecule has 1 saturated heterocycles. The van der Waals surface area contributed by atoms with Crippen LogP contribution in [0.3, 0.4) is 0 Å². The Morgan fingerprint density at radius 3 is 2.30 bits per heavy atom. The van der Waals surface area contributed by atoms with Crippen LogP contribution in [-0.4, -0.2) is 16.0 Å². The third-order valence-electron chi connectivity index (χ3n) is 3.35. The molecule has 3 nitrogen and oxygen atoms in total. The van der Waals surface area contributed by atoms with Gasteiger partial charge < -0.3 is 0 Å². The minimum atomic E-state index is -0.258. The molecular weight excluding hydrogens is 442 g/mol. The molecule has 0 aliphatic carbocycles. The average Bonchev–Trinajstić information content (AvgIpc) is 2.79. The maximum atomic E-state index is 12.5. The number of nitrogens with zero attached hydrogens (tertiary/aromatic N) is 1. The Morgan fingerprint density at radius 2 is 1.61 bits per heavy atom. The van der Waals surface area contributed by atoms with E-state index in [0.717, 1.165) is 31.8 Å². The lowest BCUT2D eigenvalue weighted by molar-refractivity contribution is -0.123. The lowest BCUT2D eigenvalue weighted by atomic mass is 10.2. The van der Waals surface area contributed by atoms with Crippen molar-refractivity contribution >= 4 is 60.8 Å². The van der Waals surface area contributed by atoms with Crippen molar-refractivity contribution in [3.8, 4) is 0 Å². The minimum absolute atomic E-state index is 0.246. The SMILES string of the molecule is O=C1S/C(=C\c2ccccc2Br)C(=O)N1Cc1ccccc1Br. The van der Waals surface area contributed by atoms with E-state index in [4.69, 9.17) is 0 Å². The van der Waals surface area contributed by atoms with Crippen LogP contribution in [-0.2, 0) is 11.3 Å². The van der Waals surface area contributed by atoms with Crippen LogP contribution < -0.4 is 0 Å². The number of hydrogen-bond acceptors (Lipinski definition) is 3. The van der Waals surface area contributed by atoms with Gasteiger partial charge in [0.05, 0.1) is 11.4 Å². The molecule has 0 aromatic heterocycles. The summed E-state index contributed by atoms with van der Waals surface area (Å²) in [5.41, 5.74) is 1.77. The van der Waals surface area contributed by atoms with Gasteiger partial charge in [-0.15, -0.1) is 0 Å². The summed E-state index contributed by atoms with van der Waals surface area (Å²) < 4.78 is 1.77. The van der Waals surface area contributed by atoms with Crippen LogP contribution in [0.4, 0.5) is 4.79 Å². The molecule has 116 valence electrons. The van der Waals surface area contributed by atoms with Gasteiger partial charge in [-0.1, -0.05) is 68.3 Å². The van der Waals surface area contributed by atoms with E-state index in [2.05, 4.69) is 31.9 Å². The van der Waals surface area contributed by atoms with Gasteiger partial charge >= 0.3 is 0 Å². The largest absolute Gasteiger partial charge is 0.293 e. The Balaban J connectivity index is 1.86. The van der Waals surface area contributed by atoms with Gasteiger partial charge in [0.2, 0.25) is 0 Å². The van der Waals surface area contributed by atoms with E-state index >= 15 is 0 Å². The number of halogens is 2. The number of amides is 2. The third kappa shape index (κ3) is 3.59. The van der Waals surface area contributed by atoms with E-state index in [1.165, 1.54) is 4.90 Å². The number of imide groups is 1. The van der Waals surface area contributed by atoms with Gasteiger partial charge in [-0.25, -0.2) is 0 Å². The maximum Gasteiger partial charge on any atom is 0.293 e. The molecule has 3 rings (SSSR count). The normalized spacial score (nSPS) is 16.4. The summed E-state index contributed by atoms with van der Waals surface area (Å²) in [7, 11) is 0. The van der Waals surface area contributed by atoms with Crippen LogP contribution in [0.5, 0.6) is 0 Å². The van der Waals surface area contributed by atoms with Crippen LogP contribution in [0, 0.1) is 0 Å². The fourth-order valence-electron chi connectivity index (χ4n) is 2.17. The number of carbonyl (C=O) groups is 2. The van der Waals surface area contributed by atoms with Crippen molar-refractivity contribution in [3.63, 3.8) is 0 Å². The highest BCUT2D eigenvalue weighted by Gasteiger charge is 2.35. The van der Waals surface area contributed by atoms with Crippen LogP contribution in [0.15, 0.2) is 62.4 Å². The van der Waals surface area contributed by atoms with Crippen LogP contribution in [0.25, 0.3) is 6.08 Å². The molecule has 23 heavy (non-hydrogen) atoms. The molecule has 2 amide bonds. The first-order chi connectivity index (χ1) is 11.1. The molecule has 0 unspecified atom stereocenters. The van der Waals surface area contributed by atoms with Crippen molar-refractivity contribution in [2.75, 3.05) is 0 Å².